The Hall–Kier alpha value is -1.84. The first kappa shape index (κ1) is 16.2. The van der Waals surface area contributed by atoms with Gasteiger partial charge in [0, 0.05) is 13.5 Å². The van der Waals surface area contributed by atoms with Gasteiger partial charge in [-0.15, -0.1) is 0 Å². The number of hydrogen-bond acceptors (Lipinski definition) is 3. The second kappa shape index (κ2) is 7.08. The summed E-state index contributed by atoms with van der Waals surface area (Å²) in [6.45, 7) is 5.47. The van der Waals surface area contributed by atoms with Crippen LogP contribution in [0.25, 0.3) is 0 Å². The lowest BCUT2D eigenvalue weighted by atomic mass is 9.95. The van der Waals surface area contributed by atoms with Crippen LogP contribution in [0.5, 0.6) is 0 Å². The number of carbonyl (C=O) groups excluding carboxylic acids is 2. The summed E-state index contributed by atoms with van der Waals surface area (Å²) in [6.07, 6.45) is 0.642. The second-order valence-corrected chi connectivity index (χ2v) is 5.80. The number of nitrogens with one attached hydrogen (secondary N) is 1. The van der Waals surface area contributed by atoms with E-state index in [1.54, 1.807) is 7.05 Å². The van der Waals surface area contributed by atoms with Crippen LogP contribution in [0.3, 0.4) is 0 Å². The minimum absolute atomic E-state index is 0.139. The minimum Gasteiger partial charge on any atom is -0.460 e. The molecule has 4 heteroatoms. The molecule has 0 spiro atoms. The molecular weight excluding hydrogens is 254 g/mol. The van der Waals surface area contributed by atoms with Crippen LogP contribution in [-0.4, -0.2) is 24.5 Å². The molecule has 1 N–H and O–H groups in total. The number of ether oxygens (including phenoxy) is 1. The molecule has 0 fully saturated rings. The third-order valence-electron chi connectivity index (χ3n) is 2.78. The molecule has 1 rings (SSSR count). The zero-order chi connectivity index (χ0) is 15.2. The van der Waals surface area contributed by atoms with E-state index in [1.807, 2.05) is 51.1 Å². The van der Waals surface area contributed by atoms with Gasteiger partial charge in [0.25, 0.3) is 0 Å². The lowest BCUT2D eigenvalue weighted by molar-refractivity contribution is -0.161. The SMILES string of the molecule is CNC(=O)CC(Cc1ccccc1)C(=O)OC(C)(C)C. The van der Waals surface area contributed by atoms with Crippen LogP contribution in [0.15, 0.2) is 30.3 Å². The quantitative estimate of drug-likeness (QED) is 0.840. The standard InChI is InChI=1S/C16H23NO3/c1-16(2,3)20-15(19)13(11-14(18)17-4)10-12-8-6-5-7-9-12/h5-9,13H,10-11H2,1-4H3,(H,17,18). The molecular formula is C16H23NO3. The third kappa shape index (κ3) is 5.87. The van der Waals surface area contributed by atoms with Gasteiger partial charge >= 0.3 is 5.97 Å². The molecule has 0 aromatic heterocycles. The first-order valence-corrected chi connectivity index (χ1v) is 6.79. The fourth-order valence-corrected chi connectivity index (χ4v) is 1.85. The lowest BCUT2D eigenvalue weighted by Crippen LogP contribution is -2.33. The van der Waals surface area contributed by atoms with Gasteiger partial charge in [-0.3, -0.25) is 9.59 Å². The summed E-state index contributed by atoms with van der Waals surface area (Å²) in [5.41, 5.74) is 0.474. The topological polar surface area (TPSA) is 55.4 Å². The monoisotopic (exact) mass is 277 g/mol. The van der Waals surface area contributed by atoms with E-state index >= 15 is 0 Å². The van der Waals surface area contributed by atoms with Crippen LogP contribution in [-0.2, 0) is 20.7 Å². The highest BCUT2D eigenvalue weighted by Crippen LogP contribution is 2.18. The van der Waals surface area contributed by atoms with Crippen molar-refractivity contribution in [3.05, 3.63) is 35.9 Å². The summed E-state index contributed by atoms with van der Waals surface area (Å²) in [6, 6.07) is 9.65. The smallest absolute Gasteiger partial charge is 0.310 e. The molecule has 0 bridgehead atoms. The molecule has 1 aromatic rings. The number of esters is 1. The Labute approximate surface area is 120 Å². The van der Waals surface area contributed by atoms with Gasteiger partial charge in [-0.05, 0) is 32.8 Å². The highest BCUT2D eigenvalue weighted by molar-refractivity contribution is 5.83. The van der Waals surface area contributed by atoms with Crippen LogP contribution in [0, 0.1) is 5.92 Å². The van der Waals surface area contributed by atoms with E-state index in [4.69, 9.17) is 4.74 Å². The predicted molar refractivity (Wildman–Crippen MR) is 78.2 cm³/mol. The Morgan fingerprint density at radius 1 is 1.20 bits per heavy atom. The Morgan fingerprint density at radius 3 is 2.30 bits per heavy atom. The number of carbonyl (C=O) groups is 2. The molecule has 1 aromatic carbocycles. The van der Waals surface area contributed by atoms with Gasteiger partial charge in [-0.2, -0.15) is 0 Å². The Morgan fingerprint density at radius 2 is 1.80 bits per heavy atom. The van der Waals surface area contributed by atoms with Gasteiger partial charge in [0.05, 0.1) is 5.92 Å². The van der Waals surface area contributed by atoms with Crippen molar-refractivity contribution >= 4 is 11.9 Å². The summed E-state index contributed by atoms with van der Waals surface area (Å²) in [4.78, 5) is 23.8. The van der Waals surface area contributed by atoms with Crippen molar-refractivity contribution in [3.63, 3.8) is 0 Å². The number of benzene rings is 1. The van der Waals surface area contributed by atoms with Gasteiger partial charge in [0.1, 0.15) is 5.60 Å². The van der Waals surface area contributed by atoms with Gasteiger partial charge in [-0.1, -0.05) is 30.3 Å². The number of amides is 1. The summed E-state index contributed by atoms with van der Waals surface area (Å²) in [5, 5.41) is 2.55. The number of hydrogen-bond donors (Lipinski definition) is 1. The average Bonchev–Trinajstić information content (AvgIpc) is 2.37. The molecule has 0 aliphatic heterocycles. The molecule has 110 valence electrons. The molecule has 0 saturated carbocycles. The molecule has 0 aliphatic carbocycles. The molecule has 0 aliphatic rings. The molecule has 20 heavy (non-hydrogen) atoms. The van der Waals surface area contributed by atoms with E-state index in [9.17, 15) is 9.59 Å². The van der Waals surface area contributed by atoms with Crippen LogP contribution in [0.4, 0.5) is 0 Å². The van der Waals surface area contributed by atoms with Crippen molar-refractivity contribution in [2.24, 2.45) is 5.92 Å². The third-order valence-corrected chi connectivity index (χ3v) is 2.78. The van der Waals surface area contributed by atoms with Gasteiger partial charge in [0.15, 0.2) is 0 Å². The van der Waals surface area contributed by atoms with E-state index in [-0.39, 0.29) is 18.3 Å². The van der Waals surface area contributed by atoms with Crippen molar-refractivity contribution in [3.8, 4) is 0 Å². The fraction of sp³-hybridized carbons (Fsp3) is 0.500. The summed E-state index contributed by atoms with van der Waals surface area (Å²) in [5.74, 6) is -0.946. The average molecular weight is 277 g/mol. The summed E-state index contributed by atoms with van der Waals surface area (Å²) < 4.78 is 5.40. The maximum atomic E-state index is 12.2. The highest BCUT2D eigenvalue weighted by Gasteiger charge is 2.27. The van der Waals surface area contributed by atoms with Crippen molar-refractivity contribution in [2.75, 3.05) is 7.05 Å². The van der Waals surface area contributed by atoms with E-state index in [1.165, 1.54) is 0 Å². The van der Waals surface area contributed by atoms with Gasteiger partial charge in [0.2, 0.25) is 5.91 Å². The minimum atomic E-state index is -0.547. The molecule has 0 saturated heterocycles. The van der Waals surface area contributed by atoms with E-state index < -0.39 is 11.5 Å². The molecule has 0 radical (unpaired) electrons. The van der Waals surface area contributed by atoms with E-state index in [0.29, 0.717) is 6.42 Å². The lowest BCUT2D eigenvalue weighted by Gasteiger charge is -2.23. The summed E-state index contributed by atoms with van der Waals surface area (Å²) in [7, 11) is 1.57. The van der Waals surface area contributed by atoms with Crippen molar-refractivity contribution in [1.82, 2.24) is 5.32 Å². The Balaban J connectivity index is 2.79. The molecule has 1 amide bonds. The first-order chi connectivity index (χ1) is 9.31. The van der Waals surface area contributed by atoms with Crippen LogP contribution in [0.1, 0.15) is 32.8 Å². The number of rotatable bonds is 5. The molecule has 0 heterocycles. The Kier molecular flexibility index (Phi) is 5.74. The van der Waals surface area contributed by atoms with Crippen molar-refractivity contribution < 1.29 is 14.3 Å². The van der Waals surface area contributed by atoms with Gasteiger partial charge < -0.3 is 10.1 Å². The fourth-order valence-electron chi connectivity index (χ4n) is 1.85. The highest BCUT2D eigenvalue weighted by atomic mass is 16.6. The zero-order valence-electron chi connectivity index (χ0n) is 12.6. The van der Waals surface area contributed by atoms with E-state index in [0.717, 1.165) is 5.56 Å². The molecule has 1 atom stereocenters. The summed E-state index contributed by atoms with van der Waals surface area (Å²) >= 11 is 0. The molecule has 4 nitrogen and oxygen atoms in total. The van der Waals surface area contributed by atoms with Crippen molar-refractivity contribution in [2.45, 2.75) is 39.2 Å². The van der Waals surface area contributed by atoms with Crippen LogP contribution >= 0.6 is 0 Å². The largest absolute Gasteiger partial charge is 0.460 e. The van der Waals surface area contributed by atoms with Crippen molar-refractivity contribution in [1.29, 1.82) is 0 Å². The maximum absolute atomic E-state index is 12.2. The predicted octanol–water partition coefficient (Wildman–Crippen LogP) is 2.32. The van der Waals surface area contributed by atoms with E-state index in [2.05, 4.69) is 5.32 Å². The second-order valence-electron chi connectivity index (χ2n) is 5.80. The normalized spacial score (nSPS) is 12.6. The van der Waals surface area contributed by atoms with Crippen LogP contribution in [0.2, 0.25) is 0 Å². The zero-order valence-corrected chi connectivity index (χ0v) is 12.6. The first-order valence-electron chi connectivity index (χ1n) is 6.79. The Bertz CT molecular complexity index is 449. The molecule has 1 unspecified atom stereocenters. The van der Waals surface area contributed by atoms with Crippen LogP contribution < -0.4 is 5.32 Å². The maximum Gasteiger partial charge on any atom is 0.310 e. The van der Waals surface area contributed by atoms with Gasteiger partial charge in [-0.25, -0.2) is 0 Å².